The summed E-state index contributed by atoms with van der Waals surface area (Å²) in [7, 11) is -0.677. The lowest BCUT2D eigenvalue weighted by atomic mass is 10.2. The lowest BCUT2D eigenvalue weighted by Gasteiger charge is -2.35. The summed E-state index contributed by atoms with van der Waals surface area (Å²) in [6.07, 6.45) is 1.47. The molecule has 174 valence electrons. The lowest BCUT2D eigenvalue weighted by Crippen LogP contribution is -2.49. The second-order valence-corrected chi connectivity index (χ2v) is 10.3. The number of para-hydroxylation sites is 1. The van der Waals surface area contributed by atoms with Crippen molar-refractivity contribution in [2.24, 2.45) is 7.05 Å². The van der Waals surface area contributed by atoms with Gasteiger partial charge in [-0.15, -0.1) is 0 Å². The van der Waals surface area contributed by atoms with Crippen molar-refractivity contribution in [1.82, 2.24) is 19.0 Å². The van der Waals surface area contributed by atoms with E-state index in [2.05, 4.69) is 10.00 Å². The largest absolute Gasteiger partial charge is 0.368 e. The Morgan fingerprint density at radius 3 is 2.33 bits per heavy atom. The Labute approximate surface area is 199 Å². The molecule has 2 heterocycles. The van der Waals surface area contributed by atoms with Crippen LogP contribution in [0.4, 0.5) is 5.69 Å². The molecule has 0 saturated carbocycles. The van der Waals surface area contributed by atoms with E-state index in [9.17, 15) is 13.2 Å². The van der Waals surface area contributed by atoms with Gasteiger partial charge in [-0.2, -0.15) is 9.40 Å². The van der Waals surface area contributed by atoms with Gasteiger partial charge in [0.2, 0.25) is 5.03 Å². The van der Waals surface area contributed by atoms with E-state index in [4.69, 9.17) is 11.6 Å². The number of benzene rings is 2. The molecular weight excluding hydrogens is 462 g/mol. The molecule has 4 rings (SSSR count). The van der Waals surface area contributed by atoms with Crippen LogP contribution in [0.1, 0.15) is 15.9 Å². The van der Waals surface area contributed by atoms with Crippen molar-refractivity contribution >= 4 is 33.2 Å². The standard InChI is InChI=1S/C23H26ClN5O3S/c1-26(16-18-8-4-3-5-9-18)23(30)19-17-27(2)25-22(19)33(31,32)29-14-12-28(13-15-29)21-11-7-6-10-20(21)24/h3-11,17H,12-16H2,1-2H3. The average molecular weight is 488 g/mol. The monoisotopic (exact) mass is 487 g/mol. The predicted octanol–water partition coefficient (Wildman–Crippen LogP) is 2.86. The molecule has 2 aromatic carbocycles. The molecule has 1 fully saturated rings. The van der Waals surface area contributed by atoms with Crippen LogP contribution in [0.3, 0.4) is 0 Å². The molecule has 0 bridgehead atoms. The normalized spacial score (nSPS) is 14.9. The highest BCUT2D eigenvalue weighted by Crippen LogP contribution is 2.28. The maximum absolute atomic E-state index is 13.5. The van der Waals surface area contributed by atoms with Gasteiger partial charge in [0.15, 0.2) is 0 Å². The zero-order valence-electron chi connectivity index (χ0n) is 18.6. The fourth-order valence-electron chi connectivity index (χ4n) is 3.94. The number of rotatable bonds is 6. The van der Waals surface area contributed by atoms with Gasteiger partial charge in [-0.3, -0.25) is 9.48 Å². The van der Waals surface area contributed by atoms with Gasteiger partial charge in [0.05, 0.1) is 16.3 Å². The van der Waals surface area contributed by atoms with Gasteiger partial charge in [-0.25, -0.2) is 8.42 Å². The van der Waals surface area contributed by atoms with E-state index in [0.717, 1.165) is 11.3 Å². The fraction of sp³-hybridized carbons (Fsp3) is 0.304. The Morgan fingerprint density at radius 2 is 1.67 bits per heavy atom. The smallest absolute Gasteiger partial charge is 0.263 e. The van der Waals surface area contributed by atoms with Gasteiger partial charge in [0, 0.05) is 53.0 Å². The predicted molar refractivity (Wildman–Crippen MR) is 128 cm³/mol. The van der Waals surface area contributed by atoms with E-state index >= 15 is 0 Å². The average Bonchev–Trinajstić information content (AvgIpc) is 3.22. The summed E-state index contributed by atoms with van der Waals surface area (Å²) in [6.45, 7) is 1.90. The first-order chi connectivity index (χ1) is 15.8. The van der Waals surface area contributed by atoms with Crippen molar-refractivity contribution < 1.29 is 13.2 Å². The summed E-state index contributed by atoms with van der Waals surface area (Å²) in [6, 6.07) is 17.0. The topological polar surface area (TPSA) is 78.8 Å². The molecule has 1 aliphatic rings. The van der Waals surface area contributed by atoms with E-state index < -0.39 is 10.0 Å². The zero-order chi connectivity index (χ0) is 23.6. The molecule has 1 aromatic heterocycles. The third-order valence-corrected chi connectivity index (χ3v) is 7.81. The highest BCUT2D eigenvalue weighted by molar-refractivity contribution is 7.89. The van der Waals surface area contributed by atoms with Crippen molar-refractivity contribution in [3.05, 3.63) is 76.9 Å². The molecular formula is C23H26ClN5O3S. The third-order valence-electron chi connectivity index (χ3n) is 5.65. The summed E-state index contributed by atoms with van der Waals surface area (Å²) in [5.41, 5.74) is 1.91. The summed E-state index contributed by atoms with van der Waals surface area (Å²) >= 11 is 6.30. The van der Waals surface area contributed by atoms with Gasteiger partial charge >= 0.3 is 0 Å². The molecule has 0 radical (unpaired) electrons. The van der Waals surface area contributed by atoms with Crippen LogP contribution in [0.5, 0.6) is 0 Å². The molecule has 1 amide bonds. The number of sulfonamides is 1. The number of hydrogen-bond acceptors (Lipinski definition) is 5. The number of piperazine rings is 1. The van der Waals surface area contributed by atoms with E-state index in [1.54, 1.807) is 14.1 Å². The zero-order valence-corrected chi connectivity index (χ0v) is 20.1. The first-order valence-corrected chi connectivity index (χ1v) is 12.4. The van der Waals surface area contributed by atoms with Gasteiger partial charge < -0.3 is 9.80 Å². The number of amides is 1. The van der Waals surface area contributed by atoms with Crippen molar-refractivity contribution in [2.75, 3.05) is 38.1 Å². The van der Waals surface area contributed by atoms with Crippen LogP contribution in [0.15, 0.2) is 65.8 Å². The number of aryl methyl sites for hydroxylation is 1. The Balaban J connectivity index is 1.52. The first-order valence-electron chi connectivity index (χ1n) is 10.6. The van der Waals surface area contributed by atoms with Gasteiger partial charge in [0.25, 0.3) is 15.9 Å². The van der Waals surface area contributed by atoms with E-state index in [1.165, 1.54) is 20.1 Å². The molecule has 1 saturated heterocycles. The number of carbonyl (C=O) groups excluding carboxylic acids is 1. The fourth-order valence-corrected chi connectivity index (χ4v) is 5.73. The van der Waals surface area contributed by atoms with Crippen LogP contribution >= 0.6 is 11.6 Å². The minimum Gasteiger partial charge on any atom is -0.368 e. The number of carbonyl (C=O) groups is 1. The van der Waals surface area contributed by atoms with Crippen LogP contribution in [-0.4, -0.2) is 66.5 Å². The summed E-state index contributed by atoms with van der Waals surface area (Å²) in [5, 5.41) is 4.59. The number of anilines is 1. The number of hydrogen-bond donors (Lipinski definition) is 0. The number of nitrogens with zero attached hydrogens (tertiary/aromatic N) is 5. The van der Waals surface area contributed by atoms with E-state index in [-0.39, 0.29) is 29.6 Å². The molecule has 33 heavy (non-hydrogen) atoms. The minimum absolute atomic E-state index is 0.0736. The summed E-state index contributed by atoms with van der Waals surface area (Å²) < 4.78 is 29.7. The molecule has 3 aromatic rings. The Kier molecular flexibility index (Phi) is 6.73. The van der Waals surface area contributed by atoms with Crippen molar-refractivity contribution in [3.63, 3.8) is 0 Å². The number of halogens is 1. The quantitative estimate of drug-likeness (QED) is 0.534. The SMILES string of the molecule is CN(Cc1ccccc1)C(=O)c1cn(C)nc1S(=O)(=O)N1CCN(c2ccccc2Cl)CC1. The molecule has 8 nitrogen and oxygen atoms in total. The van der Waals surface area contributed by atoms with Crippen molar-refractivity contribution in [2.45, 2.75) is 11.6 Å². The molecule has 0 N–H and O–H groups in total. The van der Waals surface area contributed by atoms with Crippen LogP contribution in [-0.2, 0) is 23.6 Å². The molecule has 0 atom stereocenters. The van der Waals surface area contributed by atoms with Crippen LogP contribution < -0.4 is 4.90 Å². The third kappa shape index (κ3) is 4.90. The molecule has 0 spiro atoms. The molecule has 0 unspecified atom stereocenters. The van der Waals surface area contributed by atoms with Crippen LogP contribution in [0.2, 0.25) is 5.02 Å². The minimum atomic E-state index is -3.94. The number of aromatic nitrogens is 2. The first kappa shape index (κ1) is 23.3. The van der Waals surface area contributed by atoms with Crippen molar-refractivity contribution in [1.29, 1.82) is 0 Å². The maximum Gasteiger partial charge on any atom is 0.263 e. The van der Waals surface area contributed by atoms with Crippen LogP contribution in [0.25, 0.3) is 0 Å². The molecule has 10 heteroatoms. The Bertz CT molecular complexity index is 1240. The second kappa shape index (κ2) is 9.54. The van der Waals surface area contributed by atoms with Gasteiger partial charge in [-0.05, 0) is 17.7 Å². The molecule has 1 aliphatic heterocycles. The van der Waals surface area contributed by atoms with Crippen LogP contribution in [0, 0.1) is 0 Å². The second-order valence-electron chi connectivity index (χ2n) is 8.01. The lowest BCUT2D eigenvalue weighted by molar-refractivity contribution is 0.0781. The summed E-state index contributed by atoms with van der Waals surface area (Å²) in [5.74, 6) is -0.389. The Morgan fingerprint density at radius 1 is 1.03 bits per heavy atom. The van der Waals surface area contributed by atoms with Gasteiger partial charge in [0.1, 0.15) is 0 Å². The van der Waals surface area contributed by atoms with Crippen molar-refractivity contribution in [3.8, 4) is 0 Å². The van der Waals surface area contributed by atoms with Gasteiger partial charge in [-0.1, -0.05) is 54.1 Å². The Hall–Kier alpha value is -2.88. The van der Waals surface area contributed by atoms with E-state index in [1.807, 2.05) is 54.6 Å². The summed E-state index contributed by atoms with van der Waals surface area (Å²) in [4.78, 5) is 16.7. The van der Waals surface area contributed by atoms with E-state index in [0.29, 0.717) is 24.7 Å². The highest BCUT2D eigenvalue weighted by Gasteiger charge is 2.35. The maximum atomic E-state index is 13.5. The molecule has 0 aliphatic carbocycles. The highest BCUT2D eigenvalue weighted by atomic mass is 35.5.